The molecule has 2 aromatic rings. The van der Waals surface area contributed by atoms with Gasteiger partial charge < -0.3 is 11.1 Å². The highest BCUT2D eigenvalue weighted by atomic mass is 16.2. The molecule has 1 amide bonds. The Morgan fingerprint density at radius 1 is 1.61 bits per heavy atom. The van der Waals surface area contributed by atoms with Crippen LogP contribution in [0.2, 0.25) is 0 Å². The summed E-state index contributed by atoms with van der Waals surface area (Å²) in [6.45, 7) is 3.79. The molecule has 96 valence electrons. The Morgan fingerprint density at radius 2 is 2.33 bits per heavy atom. The van der Waals surface area contributed by atoms with Crippen LogP contribution in [0.25, 0.3) is 0 Å². The molecule has 2 aromatic heterocycles. The Hall–Kier alpha value is -2.31. The number of carbonyl (C=O) groups is 1. The number of aromatic nitrogens is 4. The summed E-state index contributed by atoms with van der Waals surface area (Å²) < 4.78 is 1.50. The number of carbonyl (C=O) groups excluding carboxylic acids is 1. The molecule has 0 fully saturated rings. The van der Waals surface area contributed by atoms with E-state index in [2.05, 4.69) is 20.6 Å². The van der Waals surface area contributed by atoms with Gasteiger partial charge in [0.05, 0.1) is 17.6 Å². The first-order chi connectivity index (χ1) is 8.54. The van der Waals surface area contributed by atoms with E-state index in [1.165, 1.54) is 4.68 Å². The summed E-state index contributed by atoms with van der Waals surface area (Å²) in [7, 11) is 1.70. The minimum absolute atomic E-state index is 0.297. The van der Waals surface area contributed by atoms with Crippen molar-refractivity contribution < 1.29 is 4.79 Å². The standard InChI is InChI=1S/C11H16N6O/c1-4-7-8(12)9(17(3)16-7)11(18)14-10-6(2)5-13-15-10/h5H,4,12H2,1-3H3,(H2,13,14,15,18). The molecule has 0 atom stereocenters. The Labute approximate surface area is 104 Å². The van der Waals surface area contributed by atoms with Crippen LogP contribution in [-0.4, -0.2) is 25.9 Å². The number of H-pyrrole nitrogens is 1. The molecule has 0 aliphatic heterocycles. The Bertz CT molecular complexity index is 582. The SMILES string of the molecule is CCc1nn(C)c(C(=O)Nc2[nH]ncc2C)c1N. The molecule has 0 aromatic carbocycles. The highest BCUT2D eigenvalue weighted by molar-refractivity contribution is 6.06. The van der Waals surface area contributed by atoms with E-state index in [0.717, 1.165) is 11.3 Å². The third kappa shape index (κ3) is 1.94. The number of amides is 1. The van der Waals surface area contributed by atoms with Crippen molar-refractivity contribution in [2.75, 3.05) is 11.1 Å². The number of nitrogen functional groups attached to an aromatic ring is 1. The Balaban J connectivity index is 2.30. The predicted octanol–water partition coefficient (Wildman–Crippen LogP) is 0.849. The van der Waals surface area contributed by atoms with E-state index >= 15 is 0 Å². The quantitative estimate of drug-likeness (QED) is 0.749. The highest BCUT2D eigenvalue weighted by Gasteiger charge is 2.19. The first-order valence-corrected chi connectivity index (χ1v) is 5.67. The summed E-state index contributed by atoms with van der Waals surface area (Å²) in [6, 6.07) is 0. The number of aromatic amines is 1. The van der Waals surface area contributed by atoms with Gasteiger partial charge in [0.25, 0.3) is 5.91 Å². The van der Waals surface area contributed by atoms with Gasteiger partial charge in [-0.05, 0) is 13.3 Å². The largest absolute Gasteiger partial charge is 0.395 e. The van der Waals surface area contributed by atoms with Crippen molar-refractivity contribution in [2.45, 2.75) is 20.3 Å². The van der Waals surface area contributed by atoms with Crippen LogP contribution in [-0.2, 0) is 13.5 Å². The molecule has 0 aliphatic rings. The number of nitrogens with zero attached hydrogens (tertiary/aromatic N) is 3. The molecule has 0 saturated carbocycles. The maximum Gasteiger partial charge on any atom is 0.277 e. The van der Waals surface area contributed by atoms with Gasteiger partial charge in [0, 0.05) is 12.6 Å². The molecule has 2 rings (SSSR count). The van der Waals surface area contributed by atoms with Crippen molar-refractivity contribution in [1.82, 2.24) is 20.0 Å². The van der Waals surface area contributed by atoms with Gasteiger partial charge in [-0.3, -0.25) is 14.6 Å². The van der Waals surface area contributed by atoms with Crippen molar-refractivity contribution in [3.05, 3.63) is 23.1 Å². The second-order valence-electron chi connectivity index (χ2n) is 4.07. The summed E-state index contributed by atoms with van der Waals surface area (Å²) in [6.07, 6.45) is 2.33. The summed E-state index contributed by atoms with van der Waals surface area (Å²) in [5.74, 6) is 0.271. The number of nitrogens with two attached hydrogens (primary N) is 1. The van der Waals surface area contributed by atoms with E-state index in [-0.39, 0.29) is 5.91 Å². The zero-order chi connectivity index (χ0) is 13.3. The van der Waals surface area contributed by atoms with Crippen LogP contribution in [0, 0.1) is 6.92 Å². The fourth-order valence-electron chi connectivity index (χ4n) is 1.77. The summed E-state index contributed by atoms with van der Waals surface area (Å²) in [5.41, 5.74) is 8.29. The topological polar surface area (TPSA) is 102 Å². The molecular weight excluding hydrogens is 232 g/mol. The number of anilines is 2. The lowest BCUT2D eigenvalue weighted by Gasteiger charge is -2.05. The van der Waals surface area contributed by atoms with Crippen LogP contribution < -0.4 is 11.1 Å². The van der Waals surface area contributed by atoms with Crippen molar-refractivity contribution in [3.8, 4) is 0 Å². The second-order valence-corrected chi connectivity index (χ2v) is 4.07. The Kier molecular flexibility index (Phi) is 3.05. The number of hydrogen-bond donors (Lipinski definition) is 3. The molecule has 4 N–H and O–H groups in total. The fourth-order valence-corrected chi connectivity index (χ4v) is 1.77. The average Bonchev–Trinajstić information content (AvgIpc) is 2.83. The molecule has 0 bridgehead atoms. The lowest BCUT2D eigenvalue weighted by molar-refractivity contribution is 0.101. The summed E-state index contributed by atoms with van der Waals surface area (Å²) >= 11 is 0. The molecule has 7 nitrogen and oxygen atoms in total. The normalized spacial score (nSPS) is 10.6. The maximum atomic E-state index is 12.1. The monoisotopic (exact) mass is 248 g/mol. The van der Waals surface area contributed by atoms with E-state index in [0.29, 0.717) is 23.6 Å². The van der Waals surface area contributed by atoms with Crippen molar-refractivity contribution in [1.29, 1.82) is 0 Å². The maximum absolute atomic E-state index is 12.1. The van der Waals surface area contributed by atoms with E-state index in [1.807, 2.05) is 13.8 Å². The lowest BCUT2D eigenvalue weighted by Crippen LogP contribution is -2.18. The van der Waals surface area contributed by atoms with Crippen LogP contribution in [0.5, 0.6) is 0 Å². The summed E-state index contributed by atoms with van der Waals surface area (Å²) in [5, 5.41) is 13.5. The third-order valence-electron chi connectivity index (χ3n) is 2.78. The van der Waals surface area contributed by atoms with E-state index in [1.54, 1.807) is 13.2 Å². The predicted molar refractivity (Wildman–Crippen MR) is 68.3 cm³/mol. The molecular formula is C11H16N6O. The van der Waals surface area contributed by atoms with Gasteiger partial charge >= 0.3 is 0 Å². The highest BCUT2D eigenvalue weighted by Crippen LogP contribution is 2.19. The van der Waals surface area contributed by atoms with Gasteiger partial charge in [-0.15, -0.1) is 0 Å². The number of aryl methyl sites for hydroxylation is 3. The lowest BCUT2D eigenvalue weighted by atomic mass is 10.2. The molecule has 7 heteroatoms. The molecule has 0 spiro atoms. The van der Waals surface area contributed by atoms with Crippen LogP contribution in [0.3, 0.4) is 0 Å². The van der Waals surface area contributed by atoms with Gasteiger partial charge in [0.2, 0.25) is 0 Å². The Morgan fingerprint density at radius 3 is 2.83 bits per heavy atom. The van der Waals surface area contributed by atoms with E-state index < -0.39 is 0 Å². The smallest absolute Gasteiger partial charge is 0.277 e. The van der Waals surface area contributed by atoms with Crippen LogP contribution in [0.4, 0.5) is 11.5 Å². The van der Waals surface area contributed by atoms with E-state index in [4.69, 9.17) is 5.73 Å². The van der Waals surface area contributed by atoms with Gasteiger partial charge in [0.1, 0.15) is 11.5 Å². The van der Waals surface area contributed by atoms with Gasteiger partial charge in [-0.2, -0.15) is 10.2 Å². The molecule has 0 saturated heterocycles. The second kappa shape index (κ2) is 4.52. The first kappa shape index (κ1) is 12.2. The van der Waals surface area contributed by atoms with Gasteiger partial charge in [-0.25, -0.2) is 0 Å². The van der Waals surface area contributed by atoms with Crippen molar-refractivity contribution in [2.24, 2.45) is 7.05 Å². The van der Waals surface area contributed by atoms with Crippen LogP contribution in [0.1, 0.15) is 28.7 Å². The van der Waals surface area contributed by atoms with Crippen LogP contribution >= 0.6 is 0 Å². The summed E-state index contributed by atoms with van der Waals surface area (Å²) in [4.78, 5) is 12.1. The number of nitrogens with one attached hydrogen (secondary N) is 2. The fraction of sp³-hybridized carbons (Fsp3) is 0.364. The minimum Gasteiger partial charge on any atom is -0.395 e. The third-order valence-corrected chi connectivity index (χ3v) is 2.78. The van der Waals surface area contributed by atoms with Gasteiger partial charge in [-0.1, -0.05) is 6.92 Å². The van der Waals surface area contributed by atoms with Crippen molar-refractivity contribution >= 4 is 17.4 Å². The first-order valence-electron chi connectivity index (χ1n) is 5.67. The minimum atomic E-state index is -0.297. The molecule has 18 heavy (non-hydrogen) atoms. The number of rotatable bonds is 3. The molecule has 0 aliphatic carbocycles. The zero-order valence-corrected chi connectivity index (χ0v) is 10.6. The average molecular weight is 248 g/mol. The molecule has 0 unspecified atom stereocenters. The van der Waals surface area contributed by atoms with Gasteiger partial charge in [0.15, 0.2) is 0 Å². The van der Waals surface area contributed by atoms with E-state index in [9.17, 15) is 4.79 Å². The molecule has 0 radical (unpaired) electrons. The zero-order valence-electron chi connectivity index (χ0n) is 10.6. The molecule has 2 heterocycles. The number of hydrogen-bond acceptors (Lipinski definition) is 4. The van der Waals surface area contributed by atoms with Crippen LogP contribution in [0.15, 0.2) is 6.20 Å². The van der Waals surface area contributed by atoms with Crippen molar-refractivity contribution in [3.63, 3.8) is 0 Å².